The van der Waals surface area contributed by atoms with Crippen molar-refractivity contribution in [2.75, 3.05) is 6.54 Å². The lowest BCUT2D eigenvalue weighted by molar-refractivity contribution is -0.137. The van der Waals surface area contributed by atoms with E-state index in [1.54, 1.807) is 0 Å². The van der Waals surface area contributed by atoms with Gasteiger partial charge in [-0.25, -0.2) is 14.5 Å². The Labute approximate surface area is 129 Å². The maximum Gasteiger partial charge on any atom is 0.315 e. The summed E-state index contributed by atoms with van der Waals surface area (Å²) in [4.78, 5) is 26.7. The molecule has 8 nitrogen and oxygen atoms in total. The van der Waals surface area contributed by atoms with Crippen molar-refractivity contribution < 1.29 is 14.7 Å². The molecule has 0 aromatic carbocycles. The number of amides is 2. The van der Waals surface area contributed by atoms with Crippen molar-refractivity contribution in [3.8, 4) is 0 Å². The van der Waals surface area contributed by atoms with Gasteiger partial charge in [-0.2, -0.15) is 5.10 Å². The van der Waals surface area contributed by atoms with Crippen LogP contribution in [0.2, 0.25) is 0 Å². The third kappa shape index (κ3) is 4.44. The number of aromatic nitrogens is 3. The molecule has 0 fully saturated rings. The van der Waals surface area contributed by atoms with E-state index in [4.69, 9.17) is 5.11 Å². The Morgan fingerprint density at radius 3 is 2.91 bits per heavy atom. The highest BCUT2D eigenvalue weighted by Crippen LogP contribution is 2.16. The van der Waals surface area contributed by atoms with E-state index in [0.29, 0.717) is 25.4 Å². The number of carboxylic acid groups (broad SMARTS) is 1. The molecule has 8 heteroatoms. The maximum atomic E-state index is 11.8. The molecule has 1 aliphatic rings. The van der Waals surface area contributed by atoms with Crippen LogP contribution in [0.15, 0.2) is 0 Å². The molecule has 1 unspecified atom stereocenters. The molecule has 2 amide bonds. The summed E-state index contributed by atoms with van der Waals surface area (Å²) in [6.07, 6.45) is 2.12. The molecule has 2 rings (SSSR count). The van der Waals surface area contributed by atoms with Crippen LogP contribution in [0, 0.1) is 0 Å². The second kappa shape index (κ2) is 7.24. The summed E-state index contributed by atoms with van der Waals surface area (Å²) in [7, 11) is 0. The first-order valence-electron chi connectivity index (χ1n) is 7.65. The van der Waals surface area contributed by atoms with Crippen molar-refractivity contribution >= 4 is 12.0 Å². The van der Waals surface area contributed by atoms with Gasteiger partial charge in [-0.05, 0) is 12.8 Å². The lowest BCUT2D eigenvalue weighted by Crippen LogP contribution is -2.46. The van der Waals surface area contributed by atoms with E-state index >= 15 is 0 Å². The van der Waals surface area contributed by atoms with E-state index < -0.39 is 5.97 Å². The molecule has 1 aliphatic heterocycles. The van der Waals surface area contributed by atoms with E-state index in [1.807, 2.05) is 4.68 Å². The fourth-order valence-corrected chi connectivity index (χ4v) is 2.37. The van der Waals surface area contributed by atoms with Crippen molar-refractivity contribution in [3.05, 3.63) is 11.6 Å². The van der Waals surface area contributed by atoms with Crippen LogP contribution in [-0.2, 0) is 17.8 Å². The number of urea groups is 1. The van der Waals surface area contributed by atoms with Gasteiger partial charge in [0, 0.05) is 25.3 Å². The Kier molecular flexibility index (Phi) is 5.35. The third-order valence-electron chi connectivity index (χ3n) is 3.58. The Balaban J connectivity index is 1.77. The van der Waals surface area contributed by atoms with Crippen molar-refractivity contribution in [2.24, 2.45) is 0 Å². The highest BCUT2D eigenvalue weighted by Gasteiger charge is 2.23. The number of hydrogen-bond acceptors (Lipinski definition) is 4. The van der Waals surface area contributed by atoms with Gasteiger partial charge in [0.25, 0.3) is 0 Å². The molecule has 122 valence electrons. The molecule has 0 bridgehead atoms. The largest absolute Gasteiger partial charge is 0.481 e. The van der Waals surface area contributed by atoms with E-state index in [-0.39, 0.29) is 18.5 Å². The van der Waals surface area contributed by atoms with Gasteiger partial charge in [0.1, 0.15) is 5.82 Å². The van der Waals surface area contributed by atoms with Gasteiger partial charge in [-0.3, -0.25) is 4.79 Å². The summed E-state index contributed by atoms with van der Waals surface area (Å²) >= 11 is 0. The number of rotatable bonds is 6. The number of carbonyl (C=O) groups is 2. The van der Waals surface area contributed by atoms with E-state index in [0.717, 1.165) is 24.5 Å². The standard InChI is InChI=1S/C14H23N5O3/c1-9(2)13-17-11-6-5-10(8-19(11)18-13)16-14(22)15-7-3-4-12(20)21/h9-10H,3-8H2,1-2H3,(H,20,21)(H2,15,16,22). The molecule has 0 radical (unpaired) electrons. The van der Waals surface area contributed by atoms with Crippen LogP contribution in [0.3, 0.4) is 0 Å². The van der Waals surface area contributed by atoms with Gasteiger partial charge in [-0.1, -0.05) is 13.8 Å². The van der Waals surface area contributed by atoms with Gasteiger partial charge in [0.2, 0.25) is 0 Å². The molecule has 1 aromatic heterocycles. The van der Waals surface area contributed by atoms with E-state index in [2.05, 4.69) is 34.6 Å². The van der Waals surface area contributed by atoms with Crippen molar-refractivity contribution in [2.45, 2.75) is 58.0 Å². The minimum absolute atomic E-state index is 0.0219. The molecule has 0 saturated carbocycles. The number of carboxylic acids is 1. The highest BCUT2D eigenvalue weighted by atomic mass is 16.4. The first-order chi connectivity index (χ1) is 10.5. The number of fused-ring (bicyclic) bond motifs is 1. The predicted octanol–water partition coefficient (Wildman–Crippen LogP) is 0.880. The second-order valence-corrected chi connectivity index (χ2v) is 5.86. The Morgan fingerprint density at radius 2 is 2.23 bits per heavy atom. The monoisotopic (exact) mass is 309 g/mol. The topological polar surface area (TPSA) is 109 Å². The first kappa shape index (κ1) is 16.3. The normalized spacial score (nSPS) is 17.1. The minimum atomic E-state index is -0.853. The summed E-state index contributed by atoms with van der Waals surface area (Å²) in [5.41, 5.74) is 0. The molecular formula is C14H23N5O3. The highest BCUT2D eigenvalue weighted by molar-refractivity contribution is 5.74. The number of nitrogens with one attached hydrogen (secondary N) is 2. The Hall–Kier alpha value is -2.12. The Bertz CT molecular complexity index is 541. The van der Waals surface area contributed by atoms with Crippen molar-refractivity contribution in [1.29, 1.82) is 0 Å². The Morgan fingerprint density at radius 1 is 1.45 bits per heavy atom. The molecule has 0 spiro atoms. The van der Waals surface area contributed by atoms with Crippen molar-refractivity contribution in [1.82, 2.24) is 25.4 Å². The smallest absolute Gasteiger partial charge is 0.315 e. The molecule has 3 N–H and O–H groups in total. The van der Waals surface area contributed by atoms with Crippen LogP contribution in [0.4, 0.5) is 4.79 Å². The zero-order chi connectivity index (χ0) is 16.1. The summed E-state index contributed by atoms with van der Waals surface area (Å²) in [6, 6.07) is -0.239. The number of aryl methyl sites for hydroxylation is 1. The number of nitrogens with zero attached hydrogens (tertiary/aromatic N) is 3. The van der Waals surface area contributed by atoms with Gasteiger partial charge < -0.3 is 15.7 Å². The molecule has 1 aromatic rings. The summed E-state index contributed by atoms with van der Waals surface area (Å²) in [6.45, 7) is 5.10. The van der Waals surface area contributed by atoms with Crippen LogP contribution in [0.25, 0.3) is 0 Å². The zero-order valence-corrected chi connectivity index (χ0v) is 13.0. The molecular weight excluding hydrogens is 286 g/mol. The number of aliphatic carboxylic acids is 1. The molecule has 2 heterocycles. The fraction of sp³-hybridized carbons (Fsp3) is 0.714. The predicted molar refractivity (Wildman–Crippen MR) is 79.6 cm³/mol. The first-order valence-corrected chi connectivity index (χ1v) is 7.65. The van der Waals surface area contributed by atoms with Crippen LogP contribution >= 0.6 is 0 Å². The van der Waals surface area contributed by atoms with E-state index in [9.17, 15) is 9.59 Å². The number of hydrogen-bond donors (Lipinski definition) is 3. The van der Waals surface area contributed by atoms with Crippen molar-refractivity contribution in [3.63, 3.8) is 0 Å². The maximum absolute atomic E-state index is 11.8. The fourth-order valence-electron chi connectivity index (χ4n) is 2.37. The summed E-state index contributed by atoms with van der Waals surface area (Å²) in [5.74, 6) is 1.26. The SMILES string of the molecule is CC(C)c1nc2n(n1)CC(NC(=O)NCCCC(=O)O)CC2. The van der Waals surface area contributed by atoms with Crippen LogP contribution < -0.4 is 10.6 Å². The van der Waals surface area contributed by atoms with Gasteiger partial charge in [0.15, 0.2) is 5.82 Å². The second-order valence-electron chi connectivity index (χ2n) is 5.86. The minimum Gasteiger partial charge on any atom is -0.481 e. The average molecular weight is 309 g/mol. The number of carbonyl (C=O) groups excluding carboxylic acids is 1. The lowest BCUT2D eigenvalue weighted by atomic mass is 10.1. The molecule has 22 heavy (non-hydrogen) atoms. The average Bonchev–Trinajstić information content (AvgIpc) is 2.87. The molecule has 0 saturated heterocycles. The van der Waals surface area contributed by atoms with Crippen LogP contribution in [-0.4, -0.2) is 44.5 Å². The van der Waals surface area contributed by atoms with Gasteiger partial charge in [0.05, 0.1) is 12.6 Å². The summed E-state index contributed by atoms with van der Waals surface area (Å²) in [5, 5.41) is 18.6. The quantitative estimate of drug-likeness (QED) is 0.676. The third-order valence-corrected chi connectivity index (χ3v) is 3.58. The van der Waals surface area contributed by atoms with E-state index in [1.165, 1.54) is 0 Å². The van der Waals surface area contributed by atoms with Gasteiger partial charge >= 0.3 is 12.0 Å². The lowest BCUT2D eigenvalue weighted by Gasteiger charge is -2.23. The van der Waals surface area contributed by atoms with Crippen LogP contribution in [0.5, 0.6) is 0 Å². The zero-order valence-electron chi connectivity index (χ0n) is 13.0. The van der Waals surface area contributed by atoms with Crippen LogP contribution in [0.1, 0.15) is 50.7 Å². The summed E-state index contributed by atoms with van der Waals surface area (Å²) < 4.78 is 1.87. The van der Waals surface area contributed by atoms with Gasteiger partial charge in [-0.15, -0.1) is 0 Å². The molecule has 0 aliphatic carbocycles. The molecule has 1 atom stereocenters.